The van der Waals surface area contributed by atoms with E-state index in [1.165, 1.54) is 25.7 Å². The van der Waals surface area contributed by atoms with Crippen molar-refractivity contribution in [3.63, 3.8) is 0 Å². The van der Waals surface area contributed by atoms with E-state index in [2.05, 4.69) is 22.5 Å². The Kier molecular flexibility index (Phi) is 5.45. The van der Waals surface area contributed by atoms with E-state index >= 15 is 0 Å². The van der Waals surface area contributed by atoms with Crippen molar-refractivity contribution in [2.75, 3.05) is 32.7 Å². The quantitative estimate of drug-likeness (QED) is 0.737. The Morgan fingerprint density at radius 3 is 2.72 bits per heavy atom. The van der Waals surface area contributed by atoms with Gasteiger partial charge in [0.15, 0.2) is 0 Å². The van der Waals surface area contributed by atoms with Crippen LogP contribution in [0.15, 0.2) is 0 Å². The van der Waals surface area contributed by atoms with E-state index in [1.807, 2.05) is 0 Å². The summed E-state index contributed by atoms with van der Waals surface area (Å²) in [4.78, 5) is 14.3. The largest absolute Gasteiger partial charge is 0.352 e. The third kappa shape index (κ3) is 4.25. The van der Waals surface area contributed by atoms with Gasteiger partial charge in [0.25, 0.3) is 0 Å². The first-order valence-corrected chi connectivity index (χ1v) is 7.48. The molecule has 0 radical (unpaired) electrons. The molecule has 18 heavy (non-hydrogen) atoms. The maximum atomic E-state index is 12.1. The average Bonchev–Trinajstić information content (AvgIpc) is 2.56. The Morgan fingerprint density at radius 2 is 1.94 bits per heavy atom. The molecule has 1 heterocycles. The molecule has 1 saturated carbocycles. The fraction of sp³-hybridized carbons (Fsp3) is 0.929. The monoisotopic (exact) mass is 253 g/mol. The number of hydrogen-bond acceptors (Lipinski definition) is 3. The molecule has 1 aliphatic carbocycles. The zero-order chi connectivity index (χ0) is 12.8. The van der Waals surface area contributed by atoms with Gasteiger partial charge in [-0.3, -0.25) is 9.69 Å². The molecule has 0 aromatic heterocycles. The molecule has 1 saturated heterocycles. The fourth-order valence-corrected chi connectivity index (χ4v) is 3.03. The highest BCUT2D eigenvalue weighted by molar-refractivity contribution is 5.78. The van der Waals surface area contributed by atoms with Crippen LogP contribution in [0.2, 0.25) is 0 Å². The Balaban J connectivity index is 1.74. The Morgan fingerprint density at radius 1 is 1.22 bits per heavy atom. The normalized spacial score (nSPS) is 30.7. The molecule has 0 aromatic carbocycles. The van der Waals surface area contributed by atoms with Crippen molar-refractivity contribution in [2.45, 2.75) is 45.1 Å². The summed E-state index contributed by atoms with van der Waals surface area (Å²) in [6, 6.07) is 0.405. The lowest BCUT2D eigenvalue weighted by molar-refractivity contribution is -0.123. The number of amides is 1. The molecule has 4 nitrogen and oxygen atoms in total. The van der Waals surface area contributed by atoms with Gasteiger partial charge < -0.3 is 10.6 Å². The van der Waals surface area contributed by atoms with Crippen LogP contribution in [-0.2, 0) is 4.79 Å². The molecule has 2 N–H and O–H groups in total. The summed E-state index contributed by atoms with van der Waals surface area (Å²) in [5.74, 6) is 0.857. The molecular weight excluding hydrogens is 226 g/mol. The van der Waals surface area contributed by atoms with Crippen LogP contribution in [0, 0.1) is 5.92 Å². The minimum atomic E-state index is 0.218. The first-order chi connectivity index (χ1) is 8.75. The van der Waals surface area contributed by atoms with Crippen molar-refractivity contribution in [3.05, 3.63) is 0 Å². The zero-order valence-electron chi connectivity index (χ0n) is 11.6. The highest BCUT2D eigenvalue weighted by Gasteiger charge is 2.22. The second-order valence-corrected chi connectivity index (χ2v) is 5.82. The summed E-state index contributed by atoms with van der Waals surface area (Å²) in [5.41, 5.74) is 0. The number of piperazine rings is 1. The van der Waals surface area contributed by atoms with Gasteiger partial charge in [-0.05, 0) is 18.8 Å². The molecule has 104 valence electrons. The zero-order valence-corrected chi connectivity index (χ0v) is 11.6. The van der Waals surface area contributed by atoms with E-state index in [-0.39, 0.29) is 5.91 Å². The number of rotatable bonds is 3. The second-order valence-electron chi connectivity index (χ2n) is 5.82. The maximum absolute atomic E-state index is 12.1. The van der Waals surface area contributed by atoms with E-state index in [0.717, 1.165) is 32.6 Å². The van der Waals surface area contributed by atoms with Gasteiger partial charge in [-0.1, -0.05) is 26.2 Å². The lowest BCUT2D eigenvalue weighted by Crippen LogP contribution is -2.49. The summed E-state index contributed by atoms with van der Waals surface area (Å²) in [6.07, 6.45) is 6.34. The van der Waals surface area contributed by atoms with E-state index in [1.54, 1.807) is 0 Å². The van der Waals surface area contributed by atoms with Crippen LogP contribution in [0.3, 0.4) is 0 Å². The van der Waals surface area contributed by atoms with Crippen LogP contribution >= 0.6 is 0 Å². The van der Waals surface area contributed by atoms with Crippen molar-refractivity contribution in [3.8, 4) is 0 Å². The Labute approximate surface area is 110 Å². The highest BCUT2D eigenvalue weighted by Crippen LogP contribution is 2.22. The van der Waals surface area contributed by atoms with E-state index in [4.69, 9.17) is 0 Å². The summed E-state index contributed by atoms with van der Waals surface area (Å²) < 4.78 is 0. The lowest BCUT2D eigenvalue weighted by Gasteiger charge is -2.28. The third-order valence-corrected chi connectivity index (χ3v) is 4.28. The lowest BCUT2D eigenvalue weighted by atomic mass is 9.97. The first kappa shape index (κ1) is 13.8. The molecule has 4 heteroatoms. The SMILES string of the molecule is CC1CCCCCC1NC(=O)CN1CCNCC1. The fourth-order valence-electron chi connectivity index (χ4n) is 3.03. The van der Waals surface area contributed by atoms with Crippen LogP contribution in [0.5, 0.6) is 0 Å². The number of hydrogen-bond donors (Lipinski definition) is 2. The minimum absolute atomic E-state index is 0.218. The van der Waals surface area contributed by atoms with Gasteiger partial charge in [0.05, 0.1) is 6.54 Å². The van der Waals surface area contributed by atoms with E-state index < -0.39 is 0 Å². The Hall–Kier alpha value is -0.610. The summed E-state index contributed by atoms with van der Waals surface area (Å²) in [5, 5.41) is 6.57. The van der Waals surface area contributed by atoms with Crippen LogP contribution in [0.25, 0.3) is 0 Å². The molecule has 2 aliphatic rings. The van der Waals surface area contributed by atoms with Crippen molar-refractivity contribution in [1.29, 1.82) is 0 Å². The van der Waals surface area contributed by atoms with Gasteiger partial charge in [-0.25, -0.2) is 0 Å². The van der Waals surface area contributed by atoms with Crippen LogP contribution in [0.4, 0.5) is 0 Å². The molecule has 1 amide bonds. The van der Waals surface area contributed by atoms with Crippen LogP contribution in [-0.4, -0.2) is 49.6 Å². The van der Waals surface area contributed by atoms with E-state index in [0.29, 0.717) is 18.5 Å². The van der Waals surface area contributed by atoms with Crippen LogP contribution in [0.1, 0.15) is 39.0 Å². The molecule has 0 spiro atoms. The second kappa shape index (κ2) is 7.10. The Bertz CT molecular complexity index is 264. The highest BCUT2D eigenvalue weighted by atomic mass is 16.2. The predicted octanol–water partition coefficient (Wildman–Crippen LogP) is 0.977. The molecule has 2 fully saturated rings. The molecule has 2 unspecified atom stereocenters. The number of carbonyl (C=O) groups excluding carboxylic acids is 1. The van der Waals surface area contributed by atoms with Gasteiger partial charge >= 0.3 is 0 Å². The van der Waals surface area contributed by atoms with Crippen molar-refractivity contribution < 1.29 is 4.79 Å². The summed E-state index contributed by atoms with van der Waals surface area (Å²) >= 11 is 0. The van der Waals surface area contributed by atoms with Gasteiger partial charge in [-0.15, -0.1) is 0 Å². The summed E-state index contributed by atoms with van der Waals surface area (Å²) in [7, 11) is 0. The van der Waals surface area contributed by atoms with Crippen molar-refractivity contribution in [1.82, 2.24) is 15.5 Å². The summed E-state index contributed by atoms with van der Waals surface area (Å²) in [6.45, 7) is 6.85. The van der Waals surface area contributed by atoms with E-state index in [9.17, 15) is 4.79 Å². The number of nitrogens with one attached hydrogen (secondary N) is 2. The predicted molar refractivity (Wildman–Crippen MR) is 73.5 cm³/mol. The average molecular weight is 253 g/mol. The van der Waals surface area contributed by atoms with Crippen LogP contribution < -0.4 is 10.6 Å². The van der Waals surface area contributed by atoms with Crippen molar-refractivity contribution >= 4 is 5.91 Å². The molecule has 2 rings (SSSR count). The molecule has 0 bridgehead atoms. The van der Waals surface area contributed by atoms with Gasteiger partial charge in [0.2, 0.25) is 5.91 Å². The third-order valence-electron chi connectivity index (χ3n) is 4.28. The molecule has 1 aliphatic heterocycles. The minimum Gasteiger partial charge on any atom is -0.352 e. The standard InChI is InChI=1S/C14H27N3O/c1-12-5-3-2-4-6-13(12)16-14(18)11-17-9-7-15-8-10-17/h12-13,15H,2-11H2,1H3,(H,16,18). The van der Waals surface area contributed by atoms with Gasteiger partial charge in [0, 0.05) is 32.2 Å². The first-order valence-electron chi connectivity index (χ1n) is 7.48. The smallest absolute Gasteiger partial charge is 0.234 e. The molecular formula is C14H27N3O. The van der Waals surface area contributed by atoms with Crippen molar-refractivity contribution in [2.24, 2.45) is 5.92 Å². The topological polar surface area (TPSA) is 44.4 Å². The molecule has 2 atom stereocenters. The van der Waals surface area contributed by atoms with Gasteiger partial charge in [0.1, 0.15) is 0 Å². The van der Waals surface area contributed by atoms with Gasteiger partial charge in [-0.2, -0.15) is 0 Å². The number of nitrogens with zero attached hydrogens (tertiary/aromatic N) is 1. The molecule has 0 aromatic rings. The maximum Gasteiger partial charge on any atom is 0.234 e. The number of carbonyl (C=O) groups is 1.